The maximum atomic E-state index is 11.7. The second kappa shape index (κ2) is 5.46. The number of carbonyl (C=O) groups excluding carboxylic acids is 1. The third kappa shape index (κ3) is 2.95. The number of piperidine rings is 1. The number of aromatic nitrogens is 1. The molecule has 0 unspecified atom stereocenters. The van der Waals surface area contributed by atoms with Gasteiger partial charge in [0.25, 0.3) is 0 Å². The fraction of sp³-hybridized carbons (Fsp3) is 0.636. The van der Waals surface area contributed by atoms with Crippen molar-refractivity contribution in [2.75, 3.05) is 32.5 Å². The summed E-state index contributed by atoms with van der Waals surface area (Å²) in [4.78, 5) is 17.9. The summed E-state index contributed by atoms with van der Waals surface area (Å²) in [5.74, 6) is 0.374. The van der Waals surface area contributed by atoms with E-state index >= 15 is 0 Å². The van der Waals surface area contributed by atoms with E-state index in [2.05, 4.69) is 4.98 Å². The highest BCUT2D eigenvalue weighted by Gasteiger charge is 2.25. The number of nitrogen functional groups attached to an aromatic ring is 1. The number of hydrogen-bond acceptors (Lipinski definition) is 5. The van der Waals surface area contributed by atoms with Gasteiger partial charge in [-0.15, -0.1) is 11.3 Å². The molecule has 1 saturated heterocycles. The van der Waals surface area contributed by atoms with Crippen LogP contribution in [0.5, 0.6) is 0 Å². The second-order valence-corrected chi connectivity index (χ2v) is 5.11. The number of amides is 1. The lowest BCUT2D eigenvalue weighted by molar-refractivity contribution is -0.136. The fourth-order valence-electron chi connectivity index (χ4n) is 2.15. The van der Waals surface area contributed by atoms with Crippen molar-refractivity contribution in [2.45, 2.75) is 18.8 Å². The van der Waals surface area contributed by atoms with Gasteiger partial charge in [0.1, 0.15) is 6.61 Å². The summed E-state index contributed by atoms with van der Waals surface area (Å²) in [5, 5.41) is 2.59. The molecule has 1 aliphatic rings. The van der Waals surface area contributed by atoms with Crippen molar-refractivity contribution < 1.29 is 9.53 Å². The Hall–Kier alpha value is -1.14. The molecule has 1 aromatic rings. The molecule has 1 atom stereocenters. The van der Waals surface area contributed by atoms with Gasteiger partial charge in [-0.25, -0.2) is 4.98 Å². The van der Waals surface area contributed by atoms with Gasteiger partial charge in [0.2, 0.25) is 5.91 Å². The predicted octanol–water partition coefficient (Wildman–Crippen LogP) is 1.08. The van der Waals surface area contributed by atoms with Crippen LogP contribution in [0.15, 0.2) is 5.38 Å². The monoisotopic (exact) mass is 255 g/mol. The van der Waals surface area contributed by atoms with E-state index in [1.54, 1.807) is 7.11 Å². The van der Waals surface area contributed by atoms with Crippen LogP contribution in [0.3, 0.4) is 0 Å². The maximum Gasteiger partial charge on any atom is 0.248 e. The molecule has 94 valence electrons. The van der Waals surface area contributed by atoms with Gasteiger partial charge in [0.05, 0.1) is 5.69 Å². The Balaban J connectivity index is 1.99. The van der Waals surface area contributed by atoms with Crippen molar-refractivity contribution in [1.29, 1.82) is 0 Å². The number of likely N-dealkylation sites (tertiary alicyclic amines) is 1. The largest absolute Gasteiger partial charge is 0.375 e. The van der Waals surface area contributed by atoms with Crippen LogP contribution in [0.25, 0.3) is 0 Å². The molecular weight excluding hydrogens is 238 g/mol. The number of hydrogen-bond donors (Lipinski definition) is 1. The molecule has 2 rings (SSSR count). The number of rotatable bonds is 3. The summed E-state index contributed by atoms with van der Waals surface area (Å²) in [7, 11) is 1.54. The van der Waals surface area contributed by atoms with Crippen molar-refractivity contribution >= 4 is 22.4 Å². The lowest BCUT2D eigenvalue weighted by Gasteiger charge is -2.31. The molecule has 1 amide bonds. The van der Waals surface area contributed by atoms with Gasteiger partial charge in [-0.2, -0.15) is 0 Å². The third-order valence-electron chi connectivity index (χ3n) is 3.00. The first-order chi connectivity index (χ1) is 8.20. The van der Waals surface area contributed by atoms with E-state index in [1.807, 2.05) is 10.3 Å². The normalized spacial score (nSPS) is 20.5. The van der Waals surface area contributed by atoms with Crippen molar-refractivity contribution in [1.82, 2.24) is 9.88 Å². The molecule has 0 saturated carbocycles. The van der Waals surface area contributed by atoms with Gasteiger partial charge in [-0.3, -0.25) is 4.79 Å². The van der Waals surface area contributed by atoms with Gasteiger partial charge in [0.15, 0.2) is 5.13 Å². The van der Waals surface area contributed by atoms with Gasteiger partial charge < -0.3 is 15.4 Å². The van der Waals surface area contributed by atoms with Crippen LogP contribution in [0.2, 0.25) is 0 Å². The third-order valence-corrected chi connectivity index (χ3v) is 3.69. The summed E-state index contributed by atoms with van der Waals surface area (Å²) in [5.41, 5.74) is 6.65. The smallest absolute Gasteiger partial charge is 0.248 e. The lowest BCUT2D eigenvalue weighted by Crippen LogP contribution is -2.40. The fourth-order valence-corrected chi connectivity index (χ4v) is 2.79. The van der Waals surface area contributed by atoms with Crippen molar-refractivity contribution in [3.63, 3.8) is 0 Å². The molecule has 2 N–H and O–H groups in total. The zero-order chi connectivity index (χ0) is 12.3. The molecule has 0 spiro atoms. The van der Waals surface area contributed by atoms with Crippen LogP contribution in [0.4, 0.5) is 5.13 Å². The van der Waals surface area contributed by atoms with Crippen LogP contribution in [-0.2, 0) is 9.53 Å². The zero-order valence-electron chi connectivity index (χ0n) is 9.89. The minimum atomic E-state index is 0.0559. The van der Waals surface area contributed by atoms with Crippen LogP contribution < -0.4 is 5.73 Å². The van der Waals surface area contributed by atoms with E-state index in [4.69, 9.17) is 10.5 Å². The van der Waals surface area contributed by atoms with E-state index in [0.29, 0.717) is 11.0 Å². The van der Waals surface area contributed by atoms with Crippen molar-refractivity contribution in [3.05, 3.63) is 11.1 Å². The summed E-state index contributed by atoms with van der Waals surface area (Å²) in [6, 6.07) is 0. The number of nitrogens with zero attached hydrogens (tertiary/aromatic N) is 2. The molecule has 1 aliphatic heterocycles. The van der Waals surface area contributed by atoms with Crippen LogP contribution in [-0.4, -0.2) is 42.6 Å². The Bertz CT molecular complexity index is 394. The molecule has 0 bridgehead atoms. The molecule has 2 heterocycles. The summed E-state index contributed by atoms with van der Waals surface area (Å²) in [6.45, 7) is 1.70. The molecular formula is C11H17N3O2S. The summed E-state index contributed by atoms with van der Waals surface area (Å²) >= 11 is 1.46. The molecule has 5 nitrogen and oxygen atoms in total. The first kappa shape index (κ1) is 12.3. The highest BCUT2D eigenvalue weighted by atomic mass is 32.1. The van der Waals surface area contributed by atoms with E-state index in [0.717, 1.165) is 31.6 Å². The average molecular weight is 255 g/mol. The lowest BCUT2D eigenvalue weighted by atomic mass is 9.95. The SMILES string of the molecule is COCC(=O)N1CCC[C@H](c2csc(N)n2)C1. The Kier molecular flexibility index (Phi) is 3.96. The quantitative estimate of drug-likeness (QED) is 0.877. The van der Waals surface area contributed by atoms with Crippen LogP contribution >= 0.6 is 11.3 Å². The molecule has 6 heteroatoms. The van der Waals surface area contributed by atoms with E-state index in [-0.39, 0.29) is 12.5 Å². The summed E-state index contributed by atoms with van der Waals surface area (Å²) < 4.78 is 4.88. The van der Waals surface area contributed by atoms with E-state index < -0.39 is 0 Å². The molecule has 1 aromatic heterocycles. The topological polar surface area (TPSA) is 68.5 Å². The van der Waals surface area contributed by atoms with Gasteiger partial charge in [-0.1, -0.05) is 0 Å². The van der Waals surface area contributed by atoms with Gasteiger partial charge in [-0.05, 0) is 12.8 Å². The number of methoxy groups -OCH3 is 1. The standard InChI is InChI=1S/C11H17N3O2S/c1-16-6-10(15)14-4-2-3-8(5-14)9-7-17-11(12)13-9/h7-8H,2-6H2,1H3,(H2,12,13)/t8-/m0/s1. The number of carbonyl (C=O) groups is 1. The molecule has 1 fully saturated rings. The van der Waals surface area contributed by atoms with Gasteiger partial charge >= 0.3 is 0 Å². The molecule has 17 heavy (non-hydrogen) atoms. The minimum absolute atomic E-state index is 0.0559. The number of thiazole rings is 1. The van der Waals surface area contributed by atoms with E-state index in [9.17, 15) is 4.79 Å². The Labute approximate surface area is 105 Å². The van der Waals surface area contributed by atoms with Crippen molar-refractivity contribution in [3.8, 4) is 0 Å². The van der Waals surface area contributed by atoms with Crippen LogP contribution in [0, 0.1) is 0 Å². The Morgan fingerprint density at radius 2 is 2.59 bits per heavy atom. The minimum Gasteiger partial charge on any atom is -0.375 e. The zero-order valence-corrected chi connectivity index (χ0v) is 10.7. The molecule has 0 aliphatic carbocycles. The molecule has 0 radical (unpaired) electrons. The molecule has 0 aromatic carbocycles. The Morgan fingerprint density at radius 1 is 1.76 bits per heavy atom. The summed E-state index contributed by atoms with van der Waals surface area (Å²) in [6.07, 6.45) is 2.08. The first-order valence-corrected chi connectivity index (χ1v) is 6.56. The predicted molar refractivity (Wildman–Crippen MR) is 67.0 cm³/mol. The number of nitrogens with two attached hydrogens (primary N) is 1. The van der Waals surface area contributed by atoms with Crippen LogP contribution in [0.1, 0.15) is 24.5 Å². The second-order valence-electron chi connectivity index (χ2n) is 4.22. The first-order valence-electron chi connectivity index (χ1n) is 5.68. The number of anilines is 1. The van der Waals surface area contributed by atoms with E-state index in [1.165, 1.54) is 11.3 Å². The highest BCUT2D eigenvalue weighted by Crippen LogP contribution is 2.28. The highest BCUT2D eigenvalue weighted by molar-refractivity contribution is 7.13. The van der Waals surface area contributed by atoms with Gasteiger partial charge in [0, 0.05) is 31.5 Å². The Morgan fingerprint density at radius 3 is 3.24 bits per heavy atom. The van der Waals surface area contributed by atoms with Crippen molar-refractivity contribution in [2.24, 2.45) is 0 Å². The average Bonchev–Trinajstić information content (AvgIpc) is 2.76. The number of ether oxygens (including phenoxy) is 1. The maximum absolute atomic E-state index is 11.7.